The first-order chi connectivity index (χ1) is 8.35. The van der Waals surface area contributed by atoms with Gasteiger partial charge in [0.15, 0.2) is 0 Å². The Bertz CT molecular complexity index is 491. The second kappa shape index (κ2) is 4.90. The van der Waals surface area contributed by atoms with Crippen molar-refractivity contribution in [2.45, 2.75) is 26.4 Å². The molecule has 0 saturated carbocycles. The molecule has 6 heteroatoms. The topological polar surface area (TPSA) is 42.4 Å². The monoisotopic (exact) mass is 286 g/mol. The fraction of sp³-hybridized carbons (Fsp3) is 0.500. The molecule has 2 rings (SSSR count). The molecule has 0 saturated heterocycles. The van der Waals surface area contributed by atoms with Gasteiger partial charge in [0.1, 0.15) is 14.9 Å². The Morgan fingerprint density at radius 2 is 2.28 bits per heavy atom. The molecule has 18 heavy (non-hydrogen) atoms. The number of rotatable bonds is 1. The Morgan fingerprint density at radius 1 is 1.56 bits per heavy atom. The zero-order valence-electron chi connectivity index (χ0n) is 10.6. The number of halogens is 1. The second-order valence-corrected chi connectivity index (χ2v) is 6.72. The van der Waals surface area contributed by atoms with Gasteiger partial charge in [0, 0.05) is 12.1 Å². The average molecular weight is 287 g/mol. The van der Waals surface area contributed by atoms with Crippen molar-refractivity contribution in [3.63, 3.8) is 0 Å². The smallest absolute Gasteiger partial charge is 0.410 e. The van der Waals surface area contributed by atoms with Crippen LogP contribution in [0.1, 0.15) is 25.8 Å². The number of hydrogen-bond donors (Lipinski definition) is 0. The summed E-state index contributed by atoms with van der Waals surface area (Å²) in [6.07, 6.45) is 3.31. The highest BCUT2D eigenvalue weighted by molar-refractivity contribution is 7.16. The summed E-state index contributed by atoms with van der Waals surface area (Å²) in [5.41, 5.74) is 0.558. The van der Waals surface area contributed by atoms with Gasteiger partial charge in [0.2, 0.25) is 0 Å². The second-order valence-electron chi connectivity index (χ2n) is 5.06. The van der Waals surface area contributed by atoms with Gasteiger partial charge < -0.3 is 9.64 Å². The van der Waals surface area contributed by atoms with E-state index < -0.39 is 5.60 Å². The van der Waals surface area contributed by atoms with Crippen LogP contribution in [0.3, 0.4) is 0 Å². The predicted molar refractivity (Wildman–Crippen MR) is 72.9 cm³/mol. The van der Waals surface area contributed by atoms with Crippen molar-refractivity contribution in [1.82, 2.24) is 9.88 Å². The molecule has 0 radical (unpaired) electrons. The van der Waals surface area contributed by atoms with E-state index in [1.165, 1.54) is 11.3 Å². The molecule has 0 fully saturated rings. The molecule has 1 aromatic rings. The molecule has 0 aliphatic carbocycles. The van der Waals surface area contributed by atoms with Gasteiger partial charge in [0.25, 0.3) is 0 Å². The summed E-state index contributed by atoms with van der Waals surface area (Å²) >= 11 is 7.27. The van der Waals surface area contributed by atoms with Crippen molar-refractivity contribution >= 4 is 34.6 Å². The minimum Gasteiger partial charge on any atom is -0.444 e. The quantitative estimate of drug-likeness (QED) is 0.794. The van der Waals surface area contributed by atoms with Crippen molar-refractivity contribution in [2.24, 2.45) is 0 Å². The molecule has 0 unspecified atom stereocenters. The lowest BCUT2D eigenvalue weighted by Gasteiger charge is -2.24. The number of carbonyl (C=O) groups is 1. The van der Waals surface area contributed by atoms with Gasteiger partial charge in [-0.1, -0.05) is 17.7 Å². The van der Waals surface area contributed by atoms with E-state index in [1.807, 2.05) is 26.8 Å². The maximum absolute atomic E-state index is 11.9. The van der Waals surface area contributed by atoms with Crippen LogP contribution in [0.4, 0.5) is 4.79 Å². The van der Waals surface area contributed by atoms with Crippen LogP contribution >= 0.6 is 22.9 Å². The number of amides is 1. The highest BCUT2D eigenvalue weighted by atomic mass is 35.5. The zero-order chi connectivity index (χ0) is 13.3. The van der Waals surface area contributed by atoms with E-state index >= 15 is 0 Å². The van der Waals surface area contributed by atoms with Gasteiger partial charge in [-0.2, -0.15) is 0 Å². The van der Waals surface area contributed by atoms with Crippen LogP contribution in [-0.2, 0) is 4.74 Å². The van der Waals surface area contributed by atoms with E-state index in [0.29, 0.717) is 17.4 Å². The number of thiazole rings is 1. The molecule has 2 heterocycles. The largest absolute Gasteiger partial charge is 0.444 e. The Morgan fingerprint density at radius 3 is 2.83 bits per heavy atom. The molecule has 0 atom stereocenters. The first-order valence-corrected chi connectivity index (χ1v) is 6.83. The lowest BCUT2D eigenvalue weighted by molar-refractivity contribution is 0.0306. The van der Waals surface area contributed by atoms with Crippen LogP contribution in [0.25, 0.3) is 5.57 Å². The van der Waals surface area contributed by atoms with Crippen LogP contribution in [-0.4, -0.2) is 34.7 Å². The zero-order valence-corrected chi connectivity index (χ0v) is 12.1. The van der Waals surface area contributed by atoms with Crippen molar-refractivity contribution in [3.05, 3.63) is 21.6 Å². The minimum atomic E-state index is -0.468. The number of ether oxygens (including phenoxy) is 1. The van der Waals surface area contributed by atoms with E-state index in [0.717, 1.165) is 10.6 Å². The SMILES string of the molecule is CC(C)(C)OC(=O)N1CC=C(c2ncc(Cl)s2)C1. The Labute approximate surface area is 115 Å². The standard InChI is InChI=1S/C12H15ClN2O2S/c1-12(2,3)17-11(16)15-5-4-8(7-15)10-14-6-9(13)18-10/h4,6H,5,7H2,1-3H3. The van der Waals surface area contributed by atoms with Gasteiger partial charge in [-0.05, 0) is 20.8 Å². The third kappa shape index (κ3) is 3.23. The summed E-state index contributed by atoms with van der Waals surface area (Å²) in [6.45, 7) is 6.65. The fourth-order valence-corrected chi connectivity index (χ4v) is 2.52. The molecule has 1 aromatic heterocycles. The first-order valence-electron chi connectivity index (χ1n) is 5.64. The maximum Gasteiger partial charge on any atom is 0.410 e. The van der Waals surface area contributed by atoms with Crippen molar-refractivity contribution in [3.8, 4) is 0 Å². The van der Waals surface area contributed by atoms with Crippen LogP contribution in [0.5, 0.6) is 0 Å². The molecule has 0 bridgehead atoms. The lowest BCUT2D eigenvalue weighted by Crippen LogP contribution is -2.35. The molecule has 1 aliphatic rings. The molecule has 0 spiro atoms. The summed E-state index contributed by atoms with van der Waals surface area (Å²) in [5, 5.41) is 0.867. The molecule has 0 aromatic carbocycles. The van der Waals surface area contributed by atoms with Crippen LogP contribution < -0.4 is 0 Å². The Kier molecular flexibility index (Phi) is 3.64. The number of nitrogens with zero attached hydrogens (tertiary/aromatic N) is 2. The molecule has 4 nitrogen and oxygen atoms in total. The average Bonchev–Trinajstić information content (AvgIpc) is 2.82. The van der Waals surface area contributed by atoms with Crippen molar-refractivity contribution in [2.75, 3.05) is 13.1 Å². The molecule has 1 aliphatic heterocycles. The van der Waals surface area contributed by atoms with Crippen LogP contribution in [0.15, 0.2) is 12.3 Å². The van der Waals surface area contributed by atoms with E-state index in [9.17, 15) is 4.79 Å². The van der Waals surface area contributed by atoms with Gasteiger partial charge in [-0.3, -0.25) is 0 Å². The summed E-state index contributed by atoms with van der Waals surface area (Å²) in [6, 6.07) is 0. The van der Waals surface area contributed by atoms with Crippen LogP contribution in [0.2, 0.25) is 4.34 Å². The van der Waals surface area contributed by atoms with Crippen molar-refractivity contribution in [1.29, 1.82) is 0 Å². The molecule has 0 N–H and O–H groups in total. The lowest BCUT2D eigenvalue weighted by atomic mass is 10.2. The molecular weight excluding hydrogens is 272 g/mol. The first kappa shape index (κ1) is 13.4. The Balaban J connectivity index is 1.97. The number of hydrogen-bond acceptors (Lipinski definition) is 4. The van der Waals surface area contributed by atoms with E-state index in [2.05, 4.69) is 4.98 Å². The van der Waals surface area contributed by atoms with Gasteiger partial charge in [-0.15, -0.1) is 11.3 Å². The summed E-state index contributed by atoms with van der Waals surface area (Å²) in [5.74, 6) is 0. The number of aromatic nitrogens is 1. The maximum atomic E-state index is 11.9. The Hall–Kier alpha value is -1.07. The van der Waals surface area contributed by atoms with Gasteiger partial charge in [-0.25, -0.2) is 9.78 Å². The summed E-state index contributed by atoms with van der Waals surface area (Å²) in [4.78, 5) is 17.7. The van der Waals surface area contributed by atoms with Gasteiger partial charge >= 0.3 is 6.09 Å². The predicted octanol–water partition coefficient (Wildman–Crippen LogP) is 3.43. The summed E-state index contributed by atoms with van der Waals surface area (Å²) in [7, 11) is 0. The molecule has 1 amide bonds. The van der Waals surface area contributed by atoms with E-state index in [4.69, 9.17) is 16.3 Å². The molecular formula is C12H15ClN2O2S. The third-order valence-electron chi connectivity index (χ3n) is 2.32. The van der Waals surface area contributed by atoms with Gasteiger partial charge in [0.05, 0.1) is 12.7 Å². The number of carbonyl (C=O) groups excluding carboxylic acids is 1. The normalized spacial score (nSPS) is 15.8. The summed E-state index contributed by atoms with van der Waals surface area (Å²) < 4.78 is 5.98. The van der Waals surface area contributed by atoms with Crippen LogP contribution in [0, 0.1) is 0 Å². The van der Waals surface area contributed by atoms with E-state index in [-0.39, 0.29) is 6.09 Å². The minimum absolute atomic E-state index is 0.295. The fourth-order valence-electron chi connectivity index (χ4n) is 1.58. The third-order valence-corrected chi connectivity index (χ3v) is 3.51. The molecule has 98 valence electrons. The van der Waals surface area contributed by atoms with Crippen molar-refractivity contribution < 1.29 is 9.53 Å². The highest BCUT2D eigenvalue weighted by Gasteiger charge is 2.26. The van der Waals surface area contributed by atoms with E-state index in [1.54, 1.807) is 11.1 Å². The highest BCUT2D eigenvalue weighted by Crippen LogP contribution is 2.28.